The molecule has 5 nitrogen and oxygen atoms in total. The van der Waals surface area contributed by atoms with Crippen LogP contribution in [-0.2, 0) is 19.3 Å². The Balaban J connectivity index is 0.0000000954. The van der Waals surface area contributed by atoms with E-state index < -0.39 is 7.12 Å². The maximum Gasteiger partial charge on any atom is 0.488 e. The smallest absolute Gasteiger partial charge is 0.423 e. The van der Waals surface area contributed by atoms with Gasteiger partial charge in [-0.05, 0) is 252 Å². The van der Waals surface area contributed by atoms with E-state index in [2.05, 4.69) is 410 Å². The van der Waals surface area contributed by atoms with Crippen LogP contribution in [0.5, 0.6) is 0 Å². The molecule has 2 N–H and O–H groups in total. The molecule has 22 aromatic rings. The summed E-state index contributed by atoms with van der Waals surface area (Å²) >= 11 is 8.86. The molecule has 0 spiro atoms. The molecule has 9 heteroatoms. The number of para-hydroxylation sites is 6. The summed E-state index contributed by atoms with van der Waals surface area (Å²) in [4.78, 5) is 0. The van der Waals surface area contributed by atoms with E-state index in [1.165, 1.54) is 180 Å². The Hall–Kier alpha value is -13.5. The molecule has 4 heterocycles. The molecule has 0 aliphatic heterocycles. The summed E-state index contributed by atoms with van der Waals surface area (Å²) in [5.74, 6) is 0. The second-order valence-corrected chi connectivity index (χ2v) is 34.0. The van der Waals surface area contributed by atoms with E-state index in [0.29, 0.717) is 5.46 Å². The number of hydrogen-bond acceptors (Lipinski definition) is 3. The highest BCUT2D eigenvalue weighted by Crippen LogP contribution is 2.45. The number of benzene rings is 18. The van der Waals surface area contributed by atoms with Gasteiger partial charge in [0.15, 0.2) is 0 Å². The first-order chi connectivity index (χ1) is 59.1. The first kappa shape index (κ1) is 74.1. The molecule has 0 radical (unpaired) electrons. The van der Waals surface area contributed by atoms with Gasteiger partial charge in [-0.15, -0.1) is 11.3 Å². The van der Waals surface area contributed by atoms with Crippen LogP contribution in [-0.4, -0.2) is 30.9 Å². The summed E-state index contributed by atoms with van der Waals surface area (Å²) in [6.07, 6.45) is 3.12. The van der Waals surface area contributed by atoms with E-state index in [0.717, 1.165) is 51.2 Å². The first-order valence-electron chi connectivity index (χ1n) is 40.7. The lowest BCUT2D eigenvalue weighted by molar-refractivity contribution is 0.426. The molecule has 25 rings (SSSR count). The van der Waals surface area contributed by atoms with E-state index in [9.17, 15) is 10.0 Å². The van der Waals surface area contributed by atoms with Crippen LogP contribution in [0.1, 0.15) is 33.4 Å². The first-order valence-corrected chi connectivity index (χ1v) is 43.1. The molecule has 570 valence electrons. The zero-order valence-corrected chi connectivity index (χ0v) is 69.3. The Labute approximate surface area is 717 Å². The summed E-state index contributed by atoms with van der Waals surface area (Å²) in [5, 5.41) is 28.9. The average molecular weight is 1690 g/mol. The largest absolute Gasteiger partial charge is 0.488 e. The Kier molecular flexibility index (Phi) is 19.6. The predicted molar refractivity (Wildman–Crippen MR) is 514 cm³/mol. The molecule has 0 saturated carbocycles. The summed E-state index contributed by atoms with van der Waals surface area (Å²) in [5.41, 5.74) is 35.7. The summed E-state index contributed by atoms with van der Waals surface area (Å²) in [7, 11) is -1.46. The maximum atomic E-state index is 9.43. The fourth-order valence-electron chi connectivity index (χ4n) is 18.3. The molecule has 0 amide bonds. The number of aromatic nitrogens is 3. The van der Waals surface area contributed by atoms with Gasteiger partial charge in [0.2, 0.25) is 0 Å². The highest BCUT2D eigenvalue weighted by atomic mass is 79.9. The predicted octanol–water partition coefficient (Wildman–Crippen LogP) is 29.0. The van der Waals surface area contributed by atoms with Crippen molar-refractivity contribution in [2.24, 2.45) is 0 Å². The van der Waals surface area contributed by atoms with Gasteiger partial charge in [-0.25, -0.2) is 0 Å². The summed E-state index contributed by atoms with van der Waals surface area (Å²) in [6.45, 7) is 0. The lowest BCUT2D eigenvalue weighted by Gasteiger charge is -2.09. The van der Waals surface area contributed by atoms with Crippen molar-refractivity contribution >= 4 is 141 Å². The van der Waals surface area contributed by atoms with Gasteiger partial charge < -0.3 is 23.7 Å². The number of nitrogens with zero attached hydrogens (tertiary/aromatic N) is 3. The second-order valence-electron chi connectivity index (χ2n) is 31.0. The third-order valence-corrected chi connectivity index (χ3v) is 26.1. The maximum absolute atomic E-state index is 9.43. The molecule has 3 aliphatic carbocycles. The molecule has 120 heavy (non-hydrogen) atoms. The van der Waals surface area contributed by atoms with Crippen LogP contribution in [0.4, 0.5) is 0 Å². The summed E-state index contributed by atoms with van der Waals surface area (Å²) < 4.78 is 11.9. The van der Waals surface area contributed by atoms with Gasteiger partial charge in [0.25, 0.3) is 0 Å². The average Bonchev–Trinajstić information content (AvgIpc) is 1.59. The number of halogens is 2. The van der Waals surface area contributed by atoms with Crippen molar-refractivity contribution in [3.8, 4) is 83.8 Å². The minimum Gasteiger partial charge on any atom is -0.423 e. The van der Waals surface area contributed by atoms with Crippen LogP contribution in [0.25, 0.3) is 169 Å². The molecule has 4 aromatic heterocycles. The van der Waals surface area contributed by atoms with Crippen LogP contribution < -0.4 is 5.46 Å². The van der Waals surface area contributed by atoms with Crippen molar-refractivity contribution in [3.05, 3.63) is 455 Å². The van der Waals surface area contributed by atoms with Gasteiger partial charge in [0.1, 0.15) is 0 Å². The molecule has 0 bridgehead atoms. The van der Waals surface area contributed by atoms with Crippen molar-refractivity contribution in [2.75, 3.05) is 0 Å². The Bertz CT molecular complexity index is 7450. The Morgan fingerprint density at radius 1 is 0.217 bits per heavy atom. The van der Waals surface area contributed by atoms with Crippen LogP contribution in [0, 0.1) is 0 Å². The number of thiophene rings is 1. The van der Waals surface area contributed by atoms with Crippen molar-refractivity contribution < 1.29 is 10.0 Å². The quantitative estimate of drug-likeness (QED) is 0.156. The second kappa shape index (κ2) is 31.8. The van der Waals surface area contributed by atoms with Crippen LogP contribution in [0.15, 0.2) is 421 Å². The molecule has 0 fully saturated rings. The third kappa shape index (κ3) is 13.8. The third-order valence-electron chi connectivity index (χ3n) is 23.9. The van der Waals surface area contributed by atoms with Gasteiger partial charge in [-0.2, -0.15) is 0 Å². The van der Waals surface area contributed by atoms with Crippen molar-refractivity contribution in [1.29, 1.82) is 0 Å². The number of hydrogen-bond donors (Lipinski definition) is 2. The number of fused-ring (bicyclic) bond motifs is 21. The van der Waals surface area contributed by atoms with E-state index in [-0.39, 0.29) is 0 Å². The zero-order valence-electron chi connectivity index (χ0n) is 65.4. The molecular weight excluding hydrogens is 1610 g/mol. The molecule has 0 unspecified atom stereocenters. The molecule has 18 aromatic carbocycles. The molecule has 0 saturated heterocycles. The van der Waals surface area contributed by atoms with Crippen LogP contribution in [0.3, 0.4) is 0 Å². The molecule has 3 aliphatic rings. The van der Waals surface area contributed by atoms with Crippen LogP contribution >= 0.6 is 43.2 Å². The standard InChI is InChI=1S/2C31H21N.C18H14BNO2.C18H11BrS.C13H9Br/c2*1-2-9-25(10-3-1)32-30-13-7-6-12-28(30)29-20-22(15-17-31(29)32)21-14-16-27-24(18-21)19-23-8-4-5-11-26(23)27;21-19(22)13-10-11-18-16(12-13)15-8-4-5-9-17(15)20(18)14-6-2-1-3-7-14;19-14-8-5-12(6-9-14)13-7-10-18-16(11-13)15-3-1-2-4-17(15)20-18;14-11-5-6-13-10(8-11)7-9-3-1-2-4-12(9)13/h2*1-18,20H,19H2;1-12,21-22H;1-11H;1-6,8H,7H2. The lowest BCUT2D eigenvalue weighted by Crippen LogP contribution is -2.29. The van der Waals surface area contributed by atoms with Gasteiger partial charge in [-0.3, -0.25) is 0 Å². The molecule has 0 atom stereocenters. The minimum absolute atomic E-state index is 0.503. The Morgan fingerprint density at radius 2 is 0.525 bits per heavy atom. The Morgan fingerprint density at radius 3 is 0.992 bits per heavy atom. The van der Waals surface area contributed by atoms with E-state index in [4.69, 9.17) is 0 Å². The van der Waals surface area contributed by atoms with E-state index >= 15 is 0 Å². The SMILES string of the molecule is Brc1ccc(-c2ccc3sc4ccccc4c3c2)cc1.Brc1ccc2c(c1)Cc1ccccc1-2.OB(O)c1ccc2c(c1)c1ccccc1n2-c1ccccc1.c1ccc(-n2c3ccccc3c3cc(-c4ccc5c(c4)Cc4ccccc4-5)ccc32)cc1.c1ccc(-n2c3ccccc3c3cc(-c4ccc5c(c4)Cc4ccccc4-5)ccc32)cc1. The van der Waals surface area contributed by atoms with E-state index in [1.54, 1.807) is 6.07 Å². The number of rotatable bonds is 7. The normalized spacial score (nSPS) is 11.9. The summed E-state index contributed by atoms with van der Waals surface area (Å²) in [6, 6.07) is 147. The van der Waals surface area contributed by atoms with Crippen molar-refractivity contribution in [2.45, 2.75) is 19.3 Å². The lowest BCUT2D eigenvalue weighted by atomic mass is 9.80. The van der Waals surface area contributed by atoms with Gasteiger partial charge in [-0.1, -0.05) is 317 Å². The van der Waals surface area contributed by atoms with Crippen LogP contribution in [0.2, 0.25) is 0 Å². The van der Waals surface area contributed by atoms with Crippen molar-refractivity contribution in [1.82, 2.24) is 13.7 Å². The van der Waals surface area contributed by atoms with Gasteiger partial charge in [0.05, 0.1) is 33.1 Å². The van der Waals surface area contributed by atoms with Crippen molar-refractivity contribution in [3.63, 3.8) is 0 Å². The topological polar surface area (TPSA) is 55.2 Å². The monoisotopic (exact) mass is 1680 g/mol. The zero-order chi connectivity index (χ0) is 80.3. The fraction of sp³-hybridized carbons (Fsp3) is 0.0270. The molecular formula is C111H76BBr2N3O2S. The van der Waals surface area contributed by atoms with E-state index in [1.807, 2.05) is 53.8 Å². The highest BCUT2D eigenvalue weighted by Gasteiger charge is 2.24. The highest BCUT2D eigenvalue weighted by molar-refractivity contribution is 9.10. The fourth-order valence-corrected chi connectivity index (χ4v) is 20.1. The van der Waals surface area contributed by atoms with Gasteiger partial charge >= 0.3 is 7.12 Å². The minimum atomic E-state index is -1.46. The van der Waals surface area contributed by atoms with Gasteiger partial charge in [0, 0.05) is 78.5 Å².